The molecule has 12 heteroatoms. The highest BCUT2D eigenvalue weighted by Gasteiger charge is 2.29. The van der Waals surface area contributed by atoms with Crippen LogP contribution < -0.4 is 5.14 Å². The largest absolute Gasteiger partial charge is 0.465 e. The number of nitrogens with two attached hydrogens (primary N) is 1. The first kappa shape index (κ1) is 17.9. The molecule has 2 aromatic rings. The number of primary sulfonamides is 1. The summed E-state index contributed by atoms with van der Waals surface area (Å²) < 4.78 is 29.8. The van der Waals surface area contributed by atoms with Crippen LogP contribution in [0.25, 0.3) is 0 Å². The summed E-state index contributed by atoms with van der Waals surface area (Å²) in [5, 5.41) is 16.8. The SMILES string of the molecule is COC(=O)c1cc([N+](=O)[O-])c(Sc2nccn2C)c(S(N)(=O)=O)c1. The minimum absolute atomic E-state index is 0.232. The topological polar surface area (TPSA) is 147 Å². The van der Waals surface area contributed by atoms with Crippen LogP contribution in [-0.4, -0.2) is 36.0 Å². The van der Waals surface area contributed by atoms with Crippen LogP contribution >= 0.6 is 11.8 Å². The normalized spacial score (nSPS) is 11.3. The summed E-state index contributed by atoms with van der Waals surface area (Å²) in [7, 11) is -1.63. The number of carbonyl (C=O) groups excluding carboxylic acids is 1. The molecule has 0 aliphatic carbocycles. The van der Waals surface area contributed by atoms with Crippen molar-refractivity contribution in [3.05, 3.63) is 40.2 Å². The highest BCUT2D eigenvalue weighted by Crippen LogP contribution is 2.39. The fraction of sp³-hybridized carbons (Fsp3) is 0.167. The molecule has 128 valence electrons. The second-order valence-corrected chi connectivity index (χ2v) is 7.05. The summed E-state index contributed by atoms with van der Waals surface area (Å²) >= 11 is 0.756. The van der Waals surface area contributed by atoms with E-state index in [-0.39, 0.29) is 10.5 Å². The molecule has 1 aromatic carbocycles. The maximum Gasteiger partial charge on any atom is 0.338 e. The molecule has 0 bridgehead atoms. The van der Waals surface area contributed by atoms with Crippen LogP contribution in [0.4, 0.5) is 5.69 Å². The number of aromatic nitrogens is 2. The van der Waals surface area contributed by atoms with Crippen molar-refractivity contribution >= 4 is 33.4 Å². The summed E-state index contributed by atoms with van der Waals surface area (Å²) in [5.74, 6) is -0.920. The van der Waals surface area contributed by atoms with E-state index < -0.39 is 31.5 Å². The Balaban J connectivity index is 2.77. The number of rotatable bonds is 5. The zero-order valence-electron chi connectivity index (χ0n) is 12.5. The molecule has 0 atom stereocenters. The van der Waals surface area contributed by atoms with Crippen molar-refractivity contribution in [3.8, 4) is 0 Å². The van der Waals surface area contributed by atoms with Gasteiger partial charge in [0.15, 0.2) is 5.16 Å². The maximum atomic E-state index is 11.9. The number of hydrogen-bond donors (Lipinski definition) is 1. The predicted octanol–water partition coefficient (Wildman–Crippen LogP) is 0.913. The van der Waals surface area contributed by atoms with Crippen molar-refractivity contribution in [2.75, 3.05) is 7.11 Å². The third-order valence-corrected chi connectivity index (χ3v) is 5.20. The Kier molecular flexibility index (Phi) is 4.91. The smallest absolute Gasteiger partial charge is 0.338 e. The number of sulfonamides is 1. The molecule has 0 radical (unpaired) electrons. The first-order chi connectivity index (χ1) is 11.1. The molecule has 2 N–H and O–H groups in total. The molecule has 0 saturated carbocycles. The van der Waals surface area contributed by atoms with Crippen molar-refractivity contribution in [3.63, 3.8) is 0 Å². The number of carbonyl (C=O) groups is 1. The number of nitro benzene ring substituents is 1. The summed E-state index contributed by atoms with van der Waals surface area (Å²) in [6, 6.07) is 1.88. The Labute approximate surface area is 140 Å². The zero-order chi connectivity index (χ0) is 18.1. The second-order valence-electron chi connectivity index (χ2n) is 4.54. The minimum Gasteiger partial charge on any atom is -0.465 e. The number of nitro groups is 1. The number of aryl methyl sites for hydroxylation is 1. The van der Waals surface area contributed by atoms with Crippen molar-refractivity contribution in [2.45, 2.75) is 14.9 Å². The minimum atomic E-state index is -4.34. The molecule has 10 nitrogen and oxygen atoms in total. The Hall–Kier alpha value is -2.44. The van der Waals surface area contributed by atoms with Gasteiger partial charge in [0, 0.05) is 25.5 Å². The fourth-order valence-electron chi connectivity index (χ4n) is 1.81. The highest BCUT2D eigenvalue weighted by molar-refractivity contribution is 8.00. The van der Waals surface area contributed by atoms with E-state index in [1.54, 1.807) is 17.8 Å². The summed E-state index contributed by atoms with van der Waals surface area (Å²) in [6.07, 6.45) is 3.04. The molecular formula is C12H12N4O6S2. The number of hydrogen-bond acceptors (Lipinski definition) is 8. The molecule has 24 heavy (non-hydrogen) atoms. The van der Waals surface area contributed by atoms with E-state index in [2.05, 4.69) is 9.72 Å². The van der Waals surface area contributed by atoms with Gasteiger partial charge in [-0.1, -0.05) is 0 Å². The van der Waals surface area contributed by atoms with Crippen LogP contribution in [0.5, 0.6) is 0 Å². The molecule has 2 rings (SSSR count). The summed E-state index contributed by atoms with van der Waals surface area (Å²) in [4.78, 5) is 25.4. The zero-order valence-corrected chi connectivity index (χ0v) is 14.1. The Morgan fingerprint density at radius 3 is 2.58 bits per heavy atom. The van der Waals surface area contributed by atoms with Crippen molar-refractivity contribution in [1.82, 2.24) is 9.55 Å². The Bertz CT molecular complexity index is 922. The van der Waals surface area contributed by atoms with Gasteiger partial charge in [-0.15, -0.1) is 0 Å². The number of nitrogens with zero attached hydrogens (tertiary/aromatic N) is 3. The van der Waals surface area contributed by atoms with E-state index in [4.69, 9.17) is 5.14 Å². The van der Waals surface area contributed by atoms with Gasteiger partial charge in [0.25, 0.3) is 5.69 Å². The lowest BCUT2D eigenvalue weighted by molar-refractivity contribution is -0.388. The first-order valence-electron chi connectivity index (χ1n) is 6.24. The van der Waals surface area contributed by atoms with Crippen LogP contribution in [0.1, 0.15) is 10.4 Å². The van der Waals surface area contributed by atoms with E-state index in [0.29, 0.717) is 5.16 Å². The van der Waals surface area contributed by atoms with Gasteiger partial charge in [0.05, 0.1) is 17.6 Å². The number of ether oxygens (including phenoxy) is 1. The molecule has 0 amide bonds. The quantitative estimate of drug-likeness (QED) is 0.463. The molecule has 1 aromatic heterocycles. The van der Waals surface area contributed by atoms with Crippen LogP contribution in [0, 0.1) is 10.1 Å². The molecule has 0 saturated heterocycles. The van der Waals surface area contributed by atoms with E-state index in [9.17, 15) is 23.3 Å². The first-order valence-corrected chi connectivity index (χ1v) is 8.60. The van der Waals surface area contributed by atoms with E-state index >= 15 is 0 Å². The summed E-state index contributed by atoms with van der Waals surface area (Å²) in [5.41, 5.74) is -0.882. The van der Waals surface area contributed by atoms with E-state index in [0.717, 1.165) is 31.0 Å². The second kappa shape index (κ2) is 6.59. The molecule has 0 spiro atoms. The molecular weight excluding hydrogens is 360 g/mol. The number of methoxy groups -OCH3 is 1. The maximum absolute atomic E-state index is 11.9. The average molecular weight is 372 g/mol. The van der Waals surface area contributed by atoms with Gasteiger partial charge in [-0.2, -0.15) is 0 Å². The van der Waals surface area contributed by atoms with Gasteiger partial charge >= 0.3 is 5.97 Å². The van der Waals surface area contributed by atoms with Crippen molar-refractivity contribution in [1.29, 1.82) is 0 Å². The van der Waals surface area contributed by atoms with Crippen molar-refractivity contribution in [2.24, 2.45) is 12.2 Å². The lowest BCUT2D eigenvalue weighted by Gasteiger charge is -2.10. The van der Waals surface area contributed by atoms with Crippen LogP contribution in [-0.2, 0) is 21.8 Å². The summed E-state index contributed by atoms with van der Waals surface area (Å²) in [6.45, 7) is 0. The van der Waals surface area contributed by atoms with Crippen molar-refractivity contribution < 1.29 is 22.9 Å². The van der Waals surface area contributed by atoms with Gasteiger partial charge in [-0.05, 0) is 17.8 Å². The molecule has 0 unspecified atom stereocenters. The van der Waals surface area contributed by atoms with E-state index in [1.807, 2.05) is 0 Å². The highest BCUT2D eigenvalue weighted by atomic mass is 32.2. The molecule has 0 aliphatic heterocycles. The fourth-order valence-corrected chi connectivity index (χ4v) is 3.84. The van der Waals surface area contributed by atoms with Crippen LogP contribution in [0.2, 0.25) is 0 Å². The monoisotopic (exact) mass is 372 g/mol. The Morgan fingerprint density at radius 2 is 2.12 bits per heavy atom. The van der Waals surface area contributed by atoms with Gasteiger partial charge in [0.2, 0.25) is 10.0 Å². The van der Waals surface area contributed by atoms with Gasteiger partial charge in [0.1, 0.15) is 9.79 Å². The third kappa shape index (κ3) is 3.55. The van der Waals surface area contributed by atoms with Crippen LogP contribution in [0.15, 0.2) is 39.5 Å². The van der Waals surface area contributed by atoms with Gasteiger partial charge in [-0.25, -0.2) is 23.3 Å². The number of esters is 1. The predicted molar refractivity (Wildman–Crippen MR) is 83.1 cm³/mol. The number of benzene rings is 1. The van der Waals surface area contributed by atoms with E-state index in [1.165, 1.54) is 6.20 Å². The number of imidazole rings is 1. The standard InChI is InChI=1S/C12H12N4O6S2/c1-15-4-3-14-12(15)23-10-8(16(18)19)5-7(11(17)22-2)6-9(10)24(13,20)21/h3-6H,1-2H3,(H2,13,20,21). The van der Waals surface area contributed by atoms with Gasteiger partial charge in [-0.3, -0.25) is 10.1 Å². The third-order valence-electron chi connectivity index (χ3n) is 2.93. The Morgan fingerprint density at radius 1 is 1.46 bits per heavy atom. The molecule has 0 aliphatic rings. The average Bonchev–Trinajstić information content (AvgIpc) is 2.90. The molecule has 1 heterocycles. The van der Waals surface area contributed by atoms with Crippen LogP contribution in [0.3, 0.4) is 0 Å². The lowest BCUT2D eigenvalue weighted by Crippen LogP contribution is -2.16. The molecule has 0 fully saturated rings. The van der Waals surface area contributed by atoms with Gasteiger partial charge < -0.3 is 9.30 Å². The lowest BCUT2D eigenvalue weighted by atomic mass is 10.2.